The number of benzene rings is 1. The summed E-state index contributed by atoms with van der Waals surface area (Å²) >= 11 is 1.51. The molecule has 1 aromatic carbocycles. The molecule has 0 saturated carbocycles. The molecule has 4 aromatic rings. The van der Waals surface area contributed by atoms with Crippen LogP contribution in [0.15, 0.2) is 49.1 Å². The summed E-state index contributed by atoms with van der Waals surface area (Å²) in [7, 11) is 2.14. The molecule has 0 radical (unpaired) electrons. The first kappa shape index (κ1) is 26.2. The van der Waals surface area contributed by atoms with E-state index in [0.717, 1.165) is 51.9 Å². The Bertz CT molecular complexity index is 1430. The fourth-order valence-corrected chi connectivity index (χ4v) is 5.64. The molecular formula is C29H35N7OS. The number of nitrogens with one attached hydrogen (secondary N) is 1. The normalized spacial score (nSPS) is 16.2. The van der Waals surface area contributed by atoms with Crippen LogP contribution < -0.4 is 5.32 Å². The van der Waals surface area contributed by atoms with E-state index in [2.05, 4.69) is 78.2 Å². The summed E-state index contributed by atoms with van der Waals surface area (Å²) in [6.07, 6.45) is 9.62. The minimum Gasteiger partial charge on any atom is -0.321 e. The molecule has 5 rings (SSSR count). The van der Waals surface area contributed by atoms with Gasteiger partial charge in [-0.1, -0.05) is 32.9 Å². The minimum atomic E-state index is -0.0409. The molecule has 8 nitrogen and oxygen atoms in total. The predicted octanol–water partition coefficient (Wildman–Crippen LogP) is 5.84. The maximum absolute atomic E-state index is 12.8. The van der Waals surface area contributed by atoms with Crippen LogP contribution in [0.1, 0.15) is 65.5 Å². The Kier molecular flexibility index (Phi) is 7.40. The van der Waals surface area contributed by atoms with Crippen LogP contribution >= 0.6 is 11.3 Å². The van der Waals surface area contributed by atoms with Gasteiger partial charge in [-0.15, -0.1) is 11.3 Å². The van der Waals surface area contributed by atoms with Crippen molar-refractivity contribution >= 4 is 28.8 Å². The topological polar surface area (TPSA) is 88.8 Å². The van der Waals surface area contributed by atoms with E-state index in [0.29, 0.717) is 24.8 Å². The number of rotatable bonds is 8. The van der Waals surface area contributed by atoms with Crippen molar-refractivity contribution in [2.45, 2.75) is 58.4 Å². The molecule has 1 aliphatic heterocycles. The monoisotopic (exact) mass is 529 g/mol. The summed E-state index contributed by atoms with van der Waals surface area (Å²) in [6.45, 7) is 10.5. The molecule has 1 aliphatic rings. The number of ketones is 1. The first-order valence-electron chi connectivity index (χ1n) is 13.1. The Morgan fingerprint density at radius 3 is 2.74 bits per heavy atom. The number of thiazole rings is 1. The molecule has 1 atom stereocenters. The average Bonchev–Trinajstić information content (AvgIpc) is 3.64. The predicted molar refractivity (Wildman–Crippen MR) is 152 cm³/mol. The lowest BCUT2D eigenvalue weighted by Gasteiger charge is -2.13. The highest BCUT2D eigenvalue weighted by molar-refractivity contribution is 7.13. The van der Waals surface area contributed by atoms with Crippen LogP contribution in [0, 0.1) is 6.92 Å². The molecule has 0 amide bonds. The van der Waals surface area contributed by atoms with Gasteiger partial charge in [-0.2, -0.15) is 5.10 Å². The maximum atomic E-state index is 12.8. The van der Waals surface area contributed by atoms with Crippen LogP contribution in [0.25, 0.3) is 11.3 Å². The van der Waals surface area contributed by atoms with E-state index in [-0.39, 0.29) is 11.2 Å². The Hall–Kier alpha value is -3.43. The van der Waals surface area contributed by atoms with Crippen molar-refractivity contribution in [3.05, 3.63) is 70.1 Å². The summed E-state index contributed by atoms with van der Waals surface area (Å²) in [4.78, 5) is 29.4. The van der Waals surface area contributed by atoms with Gasteiger partial charge in [0.15, 0.2) is 5.78 Å². The highest BCUT2D eigenvalue weighted by atomic mass is 32.1. The average molecular weight is 530 g/mol. The third-order valence-electron chi connectivity index (χ3n) is 6.94. The minimum absolute atomic E-state index is 0.0409. The summed E-state index contributed by atoms with van der Waals surface area (Å²) in [6, 6.07) is 8.62. The van der Waals surface area contributed by atoms with Crippen molar-refractivity contribution in [1.29, 1.82) is 0 Å². The molecule has 1 fully saturated rings. The van der Waals surface area contributed by atoms with Crippen LogP contribution in [0.5, 0.6) is 0 Å². The zero-order chi connectivity index (χ0) is 26.9. The molecular weight excluding hydrogens is 494 g/mol. The molecule has 0 spiro atoms. The molecule has 4 heterocycles. The number of hydrogen-bond acceptors (Lipinski definition) is 8. The second-order valence-corrected chi connectivity index (χ2v) is 12.2. The Morgan fingerprint density at radius 1 is 1.18 bits per heavy atom. The third kappa shape index (κ3) is 6.00. The second kappa shape index (κ2) is 10.7. The maximum Gasteiger partial charge on any atom is 0.227 e. The van der Waals surface area contributed by atoms with Crippen molar-refractivity contribution in [1.82, 2.24) is 29.6 Å². The number of carbonyl (C=O) groups is 1. The van der Waals surface area contributed by atoms with Crippen molar-refractivity contribution < 1.29 is 4.79 Å². The molecule has 3 aromatic heterocycles. The summed E-state index contributed by atoms with van der Waals surface area (Å²) < 4.78 is 2.03. The lowest BCUT2D eigenvalue weighted by atomic mass is 9.98. The van der Waals surface area contributed by atoms with Gasteiger partial charge in [0.25, 0.3) is 0 Å². The zero-order valence-electron chi connectivity index (χ0n) is 22.7. The number of aryl methyl sites for hydroxylation is 2. The van der Waals surface area contributed by atoms with E-state index in [1.54, 1.807) is 12.4 Å². The number of carbonyl (C=O) groups excluding carboxylic acids is 1. The number of Topliss-reactive ketones (excluding diaryl/α,β-unsaturated/α-hetero) is 1. The molecule has 38 heavy (non-hydrogen) atoms. The van der Waals surface area contributed by atoms with Gasteiger partial charge >= 0.3 is 0 Å². The van der Waals surface area contributed by atoms with Crippen LogP contribution in [0.2, 0.25) is 0 Å². The number of aromatic nitrogens is 5. The van der Waals surface area contributed by atoms with Gasteiger partial charge in [0, 0.05) is 42.5 Å². The van der Waals surface area contributed by atoms with E-state index in [4.69, 9.17) is 4.98 Å². The SMILES string of the molecule is Cc1cc(-c2ccnc(Nc3cnn([C@H]4CCN(C)C4)c3)n2)ccc1CCC(=O)c1cnc(C(C)(C)C)s1. The lowest BCUT2D eigenvalue weighted by molar-refractivity contribution is 0.0986. The molecule has 0 unspecified atom stereocenters. The highest BCUT2D eigenvalue weighted by Crippen LogP contribution is 2.28. The zero-order valence-corrected chi connectivity index (χ0v) is 23.5. The smallest absolute Gasteiger partial charge is 0.227 e. The highest BCUT2D eigenvalue weighted by Gasteiger charge is 2.22. The first-order valence-corrected chi connectivity index (χ1v) is 13.9. The molecule has 0 bridgehead atoms. The van der Waals surface area contributed by atoms with E-state index >= 15 is 0 Å². The van der Waals surface area contributed by atoms with Gasteiger partial charge in [-0.3, -0.25) is 9.48 Å². The van der Waals surface area contributed by atoms with Crippen LogP contribution in [-0.2, 0) is 11.8 Å². The standard InChI is InChI=1S/C29H35N7OS/c1-19-14-21(7-6-20(19)8-9-25(37)26-16-31-27(38-26)29(2,3)4)24-10-12-30-28(34-24)33-22-15-32-36(17-22)23-11-13-35(5)18-23/h6-7,10,12,14-17,23H,8-9,11,13,18H2,1-5H3,(H,30,33,34)/t23-/m0/s1. The van der Waals surface area contributed by atoms with Gasteiger partial charge in [0.05, 0.1) is 33.5 Å². The largest absolute Gasteiger partial charge is 0.321 e. The van der Waals surface area contributed by atoms with E-state index in [9.17, 15) is 4.79 Å². The fraction of sp³-hybridized carbons (Fsp3) is 0.414. The summed E-state index contributed by atoms with van der Waals surface area (Å²) in [5.41, 5.74) is 5.01. The lowest BCUT2D eigenvalue weighted by Crippen LogP contribution is -2.16. The molecule has 0 aliphatic carbocycles. The summed E-state index contributed by atoms with van der Waals surface area (Å²) in [5.74, 6) is 0.688. The Labute approximate surface area is 228 Å². The number of nitrogens with zero attached hydrogens (tertiary/aromatic N) is 6. The van der Waals surface area contributed by atoms with Gasteiger partial charge in [-0.25, -0.2) is 15.0 Å². The van der Waals surface area contributed by atoms with Crippen molar-refractivity contribution in [2.24, 2.45) is 0 Å². The van der Waals surface area contributed by atoms with Gasteiger partial charge in [0.2, 0.25) is 5.95 Å². The van der Waals surface area contributed by atoms with Crippen molar-refractivity contribution in [3.63, 3.8) is 0 Å². The molecule has 1 saturated heterocycles. The molecule has 1 N–H and O–H groups in total. The van der Waals surface area contributed by atoms with E-state index < -0.39 is 0 Å². The first-order chi connectivity index (χ1) is 18.2. The number of likely N-dealkylation sites (tertiary alicyclic amines) is 1. The third-order valence-corrected chi connectivity index (χ3v) is 8.40. The Morgan fingerprint density at radius 2 is 2.03 bits per heavy atom. The summed E-state index contributed by atoms with van der Waals surface area (Å²) in [5, 5.41) is 8.83. The van der Waals surface area contributed by atoms with E-state index in [1.165, 1.54) is 16.9 Å². The van der Waals surface area contributed by atoms with Crippen molar-refractivity contribution in [2.75, 3.05) is 25.5 Å². The number of hydrogen-bond donors (Lipinski definition) is 1. The van der Waals surface area contributed by atoms with E-state index in [1.807, 2.05) is 23.1 Å². The number of anilines is 2. The number of likely N-dealkylation sites (N-methyl/N-ethyl adjacent to an activating group) is 1. The van der Waals surface area contributed by atoms with Crippen LogP contribution in [-0.4, -0.2) is 55.6 Å². The van der Waals surface area contributed by atoms with Crippen LogP contribution in [0.3, 0.4) is 0 Å². The fourth-order valence-electron chi connectivity index (χ4n) is 4.70. The van der Waals surface area contributed by atoms with Gasteiger partial charge in [-0.05, 0) is 56.6 Å². The molecule has 9 heteroatoms. The Balaban J connectivity index is 1.23. The van der Waals surface area contributed by atoms with Crippen molar-refractivity contribution in [3.8, 4) is 11.3 Å². The second-order valence-electron chi connectivity index (χ2n) is 11.1. The van der Waals surface area contributed by atoms with Gasteiger partial charge in [0.1, 0.15) is 0 Å². The van der Waals surface area contributed by atoms with Gasteiger partial charge < -0.3 is 10.2 Å². The molecule has 198 valence electrons. The van der Waals surface area contributed by atoms with Crippen LogP contribution in [0.4, 0.5) is 11.6 Å². The quantitative estimate of drug-likeness (QED) is 0.287.